The van der Waals surface area contributed by atoms with E-state index in [0.29, 0.717) is 0 Å². The molecule has 2 atom stereocenters. The summed E-state index contributed by atoms with van der Waals surface area (Å²) >= 11 is 1.72. The lowest BCUT2D eigenvalue weighted by molar-refractivity contribution is 0.385. The second-order valence-electron chi connectivity index (χ2n) is 4.52. The van der Waals surface area contributed by atoms with Crippen LogP contribution < -0.4 is 10.1 Å². The van der Waals surface area contributed by atoms with Gasteiger partial charge < -0.3 is 10.1 Å². The van der Waals surface area contributed by atoms with Crippen molar-refractivity contribution in [2.24, 2.45) is 0 Å². The summed E-state index contributed by atoms with van der Waals surface area (Å²) in [6, 6.07) is 9.55. The molecule has 0 spiro atoms. The van der Waals surface area contributed by atoms with E-state index >= 15 is 0 Å². The van der Waals surface area contributed by atoms with Gasteiger partial charge in [-0.3, -0.25) is 0 Å². The second-order valence-corrected chi connectivity index (χ2v) is 5.50. The fourth-order valence-electron chi connectivity index (χ4n) is 2.04. The van der Waals surface area contributed by atoms with Crippen LogP contribution in [0.25, 0.3) is 0 Å². The molecule has 0 bridgehead atoms. The molecule has 2 unspecified atom stereocenters. The van der Waals surface area contributed by atoms with Gasteiger partial charge >= 0.3 is 0 Å². The first kappa shape index (κ1) is 14.0. The number of hydrogen-bond donors (Lipinski definition) is 1. The van der Waals surface area contributed by atoms with Crippen LogP contribution in [-0.4, -0.2) is 7.11 Å². The van der Waals surface area contributed by atoms with E-state index in [1.165, 1.54) is 18.1 Å². The maximum absolute atomic E-state index is 13.7. The Bertz CT molecular complexity index is 527. The van der Waals surface area contributed by atoms with Crippen molar-refractivity contribution in [1.82, 2.24) is 5.32 Å². The van der Waals surface area contributed by atoms with Crippen molar-refractivity contribution in [2.75, 3.05) is 7.11 Å². The molecule has 1 aromatic heterocycles. The number of rotatable bonds is 5. The molecule has 0 fully saturated rings. The van der Waals surface area contributed by atoms with Crippen molar-refractivity contribution in [1.29, 1.82) is 0 Å². The van der Waals surface area contributed by atoms with Crippen molar-refractivity contribution in [3.8, 4) is 5.75 Å². The van der Waals surface area contributed by atoms with Crippen LogP contribution in [0.4, 0.5) is 4.39 Å². The molecule has 2 nitrogen and oxygen atoms in total. The van der Waals surface area contributed by atoms with E-state index in [1.807, 2.05) is 19.1 Å². The number of benzene rings is 1. The average Bonchev–Trinajstić information content (AvgIpc) is 2.92. The maximum atomic E-state index is 13.7. The number of hydrogen-bond acceptors (Lipinski definition) is 3. The van der Waals surface area contributed by atoms with Gasteiger partial charge in [0.1, 0.15) is 0 Å². The molecular formula is C15H18FNOS. The van der Waals surface area contributed by atoms with Crippen molar-refractivity contribution in [2.45, 2.75) is 25.9 Å². The van der Waals surface area contributed by atoms with Gasteiger partial charge in [0.05, 0.1) is 7.11 Å². The van der Waals surface area contributed by atoms with Crippen molar-refractivity contribution < 1.29 is 9.13 Å². The number of ether oxygens (including phenoxy) is 1. The van der Waals surface area contributed by atoms with Crippen LogP contribution in [0.3, 0.4) is 0 Å². The molecule has 0 saturated carbocycles. The Morgan fingerprint density at radius 3 is 2.58 bits per heavy atom. The molecule has 0 radical (unpaired) electrons. The molecule has 19 heavy (non-hydrogen) atoms. The molecule has 0 saturated heterocycles. The van der Waals surface area contributed by atoms with Crippen LogP contribution >= 0.6 is 11.3 Å². The van der Waals surface area contributed by atoms with E-state index in [-0.39, 0.29) is 23.7 Å². The molecule has 0 amide bonds. The summed E-state index contributed by atoms with van der Waals surface area (Å²) in [4.78, 5) is 1.28. The van der Waals surface area contributed by atoms with Gasteiger partial charge in [0, 0.05) is 17.0 Å². The van der Waals surface area contributed by atoms with Gasteiger partial charge in [-0.15, -0.1) is 11.3 Å². The quantitative estimate of drug-likeness (QED) is 0.880. The molecule has 4 heteroatoms. The number of nitrogens with one attached hydrogen (secondary N) is 1. The summed E-state index contributed by atoms with van der Waals surface area (Å²) < 4.78 is 18.6. The highest BCUT2D eigenvalue weighted by Crippen LogP contribution is 2.25. The summed E-state index contributed by atoms with van der Waals surface area (Å²) in [5.74, 6) is -0.0420. The Kier molecular flexibility index (Phi) is 4.56. The summed E-state index contributed by atoms with van der Waals surface area (Å²) in [5, 5.41) is 5.53. The summed E-state index contributed by atoms with van der Waals surface area (Å²) in [6.45, 7) is 4.15. The summed E-state index contributed by atoms with van der Waals surface area (Å²) in [6.07, 6.45) is 0. The largest absolute Gasteiger partial charge is 0.494 e. The van der Waals surface area contributed by atoms with Crippen LogP contribution in [0.2, 0.25) is 0 Å². The van der Waals surface area contributed by atoms with E-state index in [1.54, 1.807) is 17.4 Å². The van der Waals surface area contributed by atoms with Crippen molar-refractivity contribution in [3.63, 3.8) is 0 Å². The van der Waals surface area contributed by atoms with Gasteiger partial charge in [0.15, 0.2) is 11.6 Å². The molecule has 2 rings (SSSR count). The minimum Gasteiger partial charge on any atom is -0.494 e. The third kappa shape index (κ3) is 3.33. The first-order valence-corrected chi connectivity index (χ1v) is 7.12. The maximum Gasteiger partial charge on any atom is 0.165 e. The first-order chi connectivity index (χ1) is 9.11. The summed E-state index contributed by atoms with van der Waals surface area (Å²) in [7, 11) is 1.47. The zero-order valence-corrected chi connectivity index (χ0v) is 12.1. The summed E-state index contributed by atoms with van der Waals surface area (Å²) in [5.41, 5.74) is 0.918. The second kappa shape index (κ2) is 6.17. The van der Waals surface area contributed by atoms with Gasteiger partial charge in [0.2, 0.25) is 0 Å². The molecule has 0 aliphatic rings. The predicted octanol–water partition coefficient (Wildman–Crippen LogP) is 4.31. The smallest absolute Gasteiger partial charge is 0.165 e. The topological polar surface area (TPSA) is 21.3 Å². The van der Waals surface area contributed by atoms with Crippen LogP contribution in [-0.2, 0) is 0 Å². The normalized spacial score (nSPS) is 14.1. The van der Waals surface area contributed by atoms with Crippen LogP contribution in [0.15, 0.2) is 35.7 Å². The molecule has 0 aliphatic carbocycles. The third-order valence-corrected chi connectivity index (χ3v) is 4.20. The van der Waals surface area contributed by atoms with E-state index in [9.17, 15) is 4.39 Å². The molecule has 1 N–H and O–H groups in total. The van der Waals surface area contributed by atoms with Crippen LogP contribution in [0, 0.1) is 5.82 Å². The highest BCUT2D eigenvalue weighted by Gasteiger charge is 2.13. The van der Waals surface area contributed by atoms with Crippen molar-refractivity contribution in [3.05, 3.63) is 52.0 Å². The predicted molar refractivity (Wildman–Crippen MR) is 77.2 cm³/mol. The Labute approximate surface area is 117 Å². The van der Waals surface area contributed by atoms with E-state index in [4.69, 9.17) is 4.74 Å². The standard InChI is InChI=1S/C15H18FNOS/c1-10(17-11(2)15-5-4-8-19-15)12-6-7-14(18-3)13(16)9-12/h4-11,17H,1-3H3. The van der Waals surface area contributed by atoms with E-state index in [2.05, 4.69) is 23.7 Å². The monoisotopic (exact) mass is 279 g/mol. The fraction of sp³-hybridized carbons (Fsp3) is 0.333. The Hall–Kier alpha value is -1.39. The van der Waals surface area contributed by atoms with Crippen molar-refractivity contribution >= 4 is 11.3 Å². The molecule has 102 valence electrons. The molecule has 1 aromatic carbocycles. The SMILES string of the molecule is COc1ccc(C(C)NC(C)c2cccs2)cc1F. The van der Waals surface area contributed by atoms with Gasteiger partial charge in [0.25, 0.3) is 0 Å². The third-order valence-electron chi connectivity index (χ3n) is 3.15. The zero-order valence-electron chi connectivity index (χ0n) is 11.3. The van der Waals surface area contributed by atoms with Gasteiger partial charge in [-0.25, -0.2) is 4.39 Å². The lowest BCUT2D eigenvalue weighted by atomic mass is 10.1. The highest BCUT2D eigenvalue weighted by atomic mass is 32.1. The number of methoxy groups -OCH3 is 1. The number of thiophene rings is 1. The molecular weight excluding hydrogens is 261 g/mol. The Morgan fingerprint density at radius 1 is 1.21 bits per heavy atom. The molecule has 2 aromatic rings. The fourth-order valence-corrected chi connectivity index (χ4v) is 2.79. The minimum atomic E-state index is -0.322. The lowest BCUT2D eigenvalue weighted by Gasteiger charge is -2.20. The average molecular weight is 279 g/mol. The van der Waals surface area contributed by atoms with E-state index < -0.39 is 0 Å². The van der Waals surface area contributed by atoms with Gasteiger partial charge in [-0.05, 0) is 43.0 Å². The van der Waals surface area contributed by atoms with Gasteiger partial charge in [-0.1, -0.05) is 12.1 Å². The number of halogens is 1. The molecule has 1 heterocycles. The Balaban J connectivity index is 2.07. The van der Waals surface area contributed by atoms with E-state index in [0.717, 1.165) is 5.56 Å². The highest BCUT2D eigenvalue weighted by molar-refractivity contribution is 7.10. The van der Waals surface area contributed by atoms with Crippen LogP contribution in [0.5, 0.6) is 5.75 Å². The van der Waals surface area contributed by atoms with Gasteiger partial charge in [-0.2, -0.15) is 0 Å². The minimum absolute atomic E-state index is 0.0810. The lowest BCUT2D eigenvalue weighted by Crippen LogP contribution is -2.21. The zero-order chi connectivity index (χ0) is 13.8. The van der Waals surface area contributed by atoms with Crippen LogP contribution in [0.1, 0.15) is 36.4 Å². The Morgan fingerprint density at radius 2 is 2.00 bits per heavy atom. The molecule has 0 aliphatic heterocycles. The first-order valence-electron chi connectivity index (χ1n) is 6.24.